The minimum absolute atomic E-state index is 0.0255. The lowest BCUT2D eigenvalue weighted by Gasteiger charge is -2.06. The van der Waals surface area contributed by atoms with Crippen LogP contribution in [-0.4, -0.2) is 25.7 Å². The van der Waals surface area contributed by atoms with Gasteiger partial charge in [-0.3, -0.25) is 0 Å². The Hall–Kier alpha value is -3.55. The molecule has 0 spiro atoms. The molecule has 3 aromatic rings. The average Bonchev–Trinajstić information content (AvgIpc) is 3.14. The summed E-state index contributed by atoms with van der Waals surface area (Å²) in [5, 5.41) is 15.2. The normalized spacial score (nSPS) is 10.3. The fourth-order valence-electron chi connectivity index (χ4n) is 2.07. The van der Waals surface area contributed by atoms with Crippen LogP contribution in [0.1, 0.15) is 15.9 Å². The Balaban J connectivity index is 1.84. The number of hydrogen-bond donors (Lipinski definition) is 0. The molecular weight excluding hydrogens is 312 g/mol. The number of nitro groups is 1. The van der Waals surface area contributed by atoms with Gasteiger partial charge in [-0.15, -0.1) is 0 Å². The molecule has 8 heteroatoms. The first-order chi connectivity index (χ1) is 11.6. The smallest absolute Gasteiger partial charge is 0.380 e. The van der Waals surface area contributed by atoms with Gasteiger partial charge in [0.25, 0.3) is 5.82 Å². The predicted octanol–water partition coefficient (Wildman–Crippen LogP) is 2.53. The maximum Gasteiger partial charge on any atom is 0.380 e. The minimum Gasteiger partial charge on any atom is -0.457 e. The SMILES string of the molecule is O=C(OCc1ccccc1)c1ccc(-n2cccn2)nc1[N+](=O)[O-]. The summed E-state index contributed by atoms with van der Waals surface area (Å²) in [5.74, 6) is -1.13. The molecule has 0 saturated carbocycles. The van der Waals surface area contributed by atoms with E-state index < -0.39 is 16.7 Å². The molecule has 3 rings (SSSR count). The van der Waals surface area contributed by atoms with Crippen LogP contribution >= 0.6 is 0 Å². The Morgan fingerprint density at radius 1 is 1.17 bits per heavy atom. The second-order valence-electron chi connectivity index (χ2n) is 4.81. The van der Waals surface area contributed by atoms with Crippen LogP contribution in [0.2, 0.25) is 0 Å². The molecule has 0 aliphatic carbocycles. The third-order valence-corrected chi connectivity index (χ3v) is 3.21. The summed E-state index contributed by atoms with van der Waals surface area (Å²) < 4.78 is 6.50. The number of esters is 1. The Labute approximate surface area is 136 Å². The van der Waals surface area contributed by atoms with Gasteiger partial charge in [0, 0.05) is 18.5 Å². The summed E-state index contributed by atoms with van der Waals surface area (Å²) in [6.07, 6.45) is 3.12. The van der Waals surface area contributed by atoms with Gasteiger partial charge in [0.05, 0.1) is 0 Å². The highest BCUT2D eigenvalue weighted by atomic mass is 16.6. The van der Waals surface area contributed by atoms with Crippen LogP contribution in [0.3, 0.4) is 0 Å². The largest absolute Gasteiger partial charge is 0.457 e. The third-order valence-electron chi connectivity index (χ3n) is 3.21. The van der Waals surface area contributed by atoms with Gasteiger partial charge >= 0.3 is 11.8 Å². The predicted molar refractivity (Wildman–Crippen MR) is 83.6 cm³/mol. The molecule has 0 aliphatic rings. The van der Waals surface area contributed by atoms with Crippen LogP contribution in [0.5, 0.6) is 0 Å². The van der Waals surface area contributed by atoms with Gasteiger partial charge in [0.2, 0.25) is 0 Å². The second kappa shape index (κ2) is 6.69. The Kier molecular flexibility index (Phi) is 4.28. The summed E-state index contributed by atoms with van der Waals surface area (Å²) in [4.78, 5) is 26.6. The molecule has 0 amide bonds. The summed E-state index contributed by atoms with van der Waals surface area (Å²) in [7, 11) is 0. The number of hydrogen-bond acceptors (Lipinski definition) is 6. The first-order valence-corrected chi connectivity index (χ1v) is 7.01. The molecule has 0 fully saturated rings. The number of ether oxygens (including phenoxy) is 1. The average molecular weight is 324 g/mol. The molecule has 0 bridgehead atoms. The van der Waals surface area contributed by atoms with Gasteiger partial charge in [-0.05, 0) is 27.6 Å². The van der Waals surface area contributed by atoms with E-state index in [0.717, 1.165) is 5.56 Å². The molecule has 0 unspecified atom stereocenters. The maximum atomic E-state index is 12.2. The van der Waals surface area contributed by atoms with Crippen LogP contribution in [0.4, 0.5) is 5.82 Å². The van der Waals surface area contributed by atoms with Crippen molar-refractivity contribution in [2.45, 2.75) is 6.61 Å². The van der Waals surface area contributed by atoms with Crippen molar-refractivity contribution in [1.82, 2.24) is 14.8 Å². The Morgan fingerprint density at radius 3 is 2.62 bits per heavy atom. The van der Waals surface area contributed by atoms with Crippen LogP contribution in [0.15, 0.2) is 60.9 Å². The monoisotopic (exact) mass is 324 g/mol. The van der Waals surface area contributed by atoms with Gasteiger partial charge in [-0.2, -0.15) is 5.10 Å². The number of aromatic nitrogens is 3. The van der Waals surface area contributed by atoms with E-state index >= 15 is 0 Å². The van der Waals surface area contributed by atoms with Crippen molar-refractivity contribution in [3.8, 4) is 5.82 Å². The van der Waals surface area contributed by atoms with Crippen molar-refractivity contribution in [2.75, 3.05) is 0 Å². The van der Waals surface area contributed by atoms with Crippen molar-refractivity contribution in [1.29, 1.82) is 0 Å². The van der Waals surface area contributed by atoms with Crippen molar-refractivity contribution in [3.05, 3.63) is 82.2 Å². The zero-order chi connectivity index (χ0) is 16.9. The van der Waals surface area contributed by atoms with E-state index in [9.17, 15) is 14.9 Å². The topological polar surface area (TPSA) is 100 Å². The van der Waals surface area contributed by atoms with E-state index in [1.165, 1.54) is 23.0 Å². The van der Waals surface area contributed by atoms with Crippen molar-refractivity contribution >= 4 is 11.8 Å². The van der Waals surface area contributed by atoms with Crippen LogP contribution in [0, 0.1) is 10.1 Å². The van der Waals surface area contributed by atoms with E-state index in [2.05, 4.69) is 10.1 Å². The lowest BCUT2D eigenvalue weighted by molar-refractivity contribution is -0.389. The Morgan fingerprint density at radius 2 is 1.96 bits per heavy atom. The molecule has 24 heavy (non-hydrogen) atoms. The van der Waals surface area contributed by atoms with Crippen LogP contribution in [-0.2, 0) is 11.3 Å². The van der Waals surface area contributed by atoms with Gasteiger partial charge in [0.1, 0.15) is 6.61 Å². The van der Waals surface area contributed by atoms with Gasteiger partial charge in [0.15, 0.2) is 5.56 Å². The van der Waals surface area contributed by atoms with Crippen LogP contribution < -0.4 is 0 Å². The summed E-state index contributed by atoms with van der Waals surface area (Å²) >= 11 is 0. The van der Waals surface area contributed by atoms with Crippen molar-refractivity contribution in [2.24, 2.45) is 0 Å². The molecule has 2 aromatic heterocycles. The van der Waals surface area contributed by atoms with Crippen molar-refractivity contribution in [3.63, 3.8) is 0 Å². The Bertz CT molecular complexity index is 863. The first kappa shape index (κ1) is 15.3. The zero-order valence-electron chi connectivity index (χ0n) is 12.4. The van der Waals surface area contributed by atoms with Crippen LogP contribution in [0.25, 0.3) is 5.82 Å². The molecule has 1 aromatic carbocycles. The molecule has 120 valence electrons. The molecule has 0 N–H and O–H groups in total. The lowest BCUT2D eigenvalue weighted by atomic mass is 10.2. The molecule has 0 atom stereocenters. The fourth-order valence-corrected chi connectivity index (χ4v) is 2.07. The number of pyridine rings is 1. The minimum atomic E-state index is -0.801. The molecule has 0 aliphatic heterocycles. The summed E-state index contributed by atoms with van der Waals surface area (Å²) in [6.45, 7) is 0.0255. The van der Waals surface area contributed by atoms with E-state index in [1.807, 2.05) is 18.2 Å². The number of benzene rings is 1. The standard InChI is InChI=1S/C16H12N4O4/c21-16(24-11-12-5-2-1-3-6-12)13-7-8-14(18-15(13)20(22)23)19-10-4-9-17-19/h1-10H,11H2. The van der Waals surface area contributed by atoms with Gasteiger partial charge in [-0.25, -0.2) is 9.48 Å². The van der Waals surface area contributed by atoms with E-state index in [0.29, 0.717) is 0 Å². The highest BCUT2D eigenvalue weighted by Gasteiger charge is 2.25. The maximum absolute atomic E-state index is 12.2. The third kappa shape index (κ3) is 3.27. The molecule has 2 heterocycles. The van der Waals surface area contributed by atoms with E-state index in [1.54, 1.807) is 24.4 Å². The van der Waals surface area contributed by atoms with E-state index in [4.69, 9.17) is 4.74 Å². The van der Waals surface area contributed by atoms with Gasteiger partial charge < -0.3 is 14.9 Å². The molecular formula is C16H12N4O4. The first-order valence-electron chi connectivity index (χ1n) is 7.01. The quantitative estimate of drug-likeness (QED) is 0.406. The molecule has 8 nitrogen and oxygen atoms in total. The summed E-state index contributed by atoms with van der Waals surface area (Å²) in [6, 6.07) is 13.5. The molecule has 0 radical (unpaired) electrons. The summed E-state index contributed by atoms with van der Waals surface area (Å²) in [5.41, 5.74) is 0.585. The number of nitrogens with zero attached hydrogens (tertiary/aromatic N) is 4. The van der Waals surface area contributed by atoms with Crippen molar-refractivity contribution < 1.29 is 14.5 Å². The van der Waals surface area contributed by atoms with Gasteiger partial charge in [-0.1, -0.05) is 30.3 Å². The molecule has 0 saturated heterocycles. The highest BCUT2D eigenvalue weighted by molar-refractivity contribution is 5.93. The fraction of sp³-hybridized carbons (Fsp3) is 0.0625. The lowest BCUT2D eigenvalue weighted by Crippen LogP contribution is -2.11. The highest BCUT2D eigenvalue weighted by Crippen LogP contribution is 2.19. The number of rotatable bonds is 5. The zero-order valence-corrected chi connectivity index (χ0v) is 12.4. The second-order valence-corrected chi connectivity index (χ2v) is 4.81. The number of carbonyl (C=O) groups is 1. The number of carbonyl (C=O) groups excluding carboxylic acids is 1. The van der Waals surface area contributed by atoms with E-state index in [-0.39, 0.29) is 18.0 Å².